The number of hydrogen-bond acceptors (Lipinski definition) is 5. The molecule has 2 saturated heterocycles. The van der Waals surface area contributed by atoms with Gasteiger partial charge in [-0.15, -0.1) is 0 Å². The Kier molecular flexibility index (Phi) is 7.57. The monoisotopic (exact) mass is 457 g/mol. The first-order valence-electron chi connectivity index (χ1n) is 11.2. The first-order chi connectivity index (χ1) is 15.5. The molecule has 4 rings (SSSR count). The summed E-state index contributed by atoms with van der Waals surface area (Å²) < 4.78 is 33.1. The second-order valence-corrected chi connectivity index (χ2v) is 10.4. The fourth-order valence-electron chi connectivity index (χ4n) is 4.36. The number of nitrogens with zero attached hydrogens (tertiary/aromatic N) is 2. The first-order valence-corrected chi connectivity index (χ1v) is 12.7. The number of morpholine rings is 1. The molecule has 2 atom stereocenters. The van der Waals surface area contributed by atoms with Crippen molar-refractivity contribution in [3.63, 3.8) is 0 Å². The lowest BCUT2D eigenvalue weighted by Gasteiger charge is -2.34. The number of ether oxygens (including phenoxy) is 1. The highest BCUT2D eigenvalue weighted by atomic mass is 32.2. The number of hydrogen-bond donors (Lipinski definition) is 1. The zero-order valence-electron chi connectivity index (χ0n) is 18.2. The number of carbonyl (C=O) groups is 1. The third kappa shape index (κ3) is 5.75. The number of amides is 1. The fraction of sp³-hybridized carbons (Fsp3) is 0.458. The van der Waals surface area contributed by atoms with E-state index in [1.54, 1.807) is 30.3 Å². The molecule has 0 aliphatic carbocycles. The summed E-state index contributed by atoms with van der Waals surface area (Å²) in [5.74, 6) is -0.437. The van der Waals surface area contributed by atoms with Crippen LogP contribution < -0.4 is 5.32 Å². The van der Waals surface area contributed by atoms with Crippen LogP contribution in [0.2, 0.25) is 0 Å². The molecule has 1 N–H and O–H groups in total. The summed E-state index contributed by atoms with van der Waals surface area (Å²) in [5.41, 5.74) is 1.26. The minimum atomic E-state index is -3.58. The van der Waals surface area contributed by atoms with Crippen LogP contribution in [0.3, 0.4) is 0 Å². The van der Waals surface area contributed by atoms with Crippen LogP contribution in [0.15, 0.2) is 65.6 Å². The fourth-order valence-corrected chi connectivity index (χ4v) is 5.91. The lowest BCUT2D eigenvalue weighted by molar-refractivity contribution is -0.127. The van der Waals surface area contributed by atoms with Crippen molar-refractivity contribution in [1.82, 2.24) is 14.5 Å². The van der Waals surface area contributed by atoms with E-state index in [0.717, 1.165) is 19.6 Å². The van der Waals surface area contributed by atoms with E-state index in [2.05, 4.69) is 22.3 Å². The minimum Gasteiger partial charge on any atom is -0.374 e. The SMILES string of the molecule is O=C(NCC1CN(Cc2ccccc2)CCO1)C1CCCN(S(=O)(=O)c2ccccc2)C1. The van der Waals surface area contributed by atoms with Gasteiger partial charge in [0.25, 0.3) is 0 Å². The van der Waals surface area contributed by atoms with Crippen LogP contribution in [0.25, 0.3) is 0 Å². The third-order valence-electron chi connectivity index (χ3n) is 6.11. The summed E-state index contributed by atoms with van der Waals surface area (Å²) in [6, 6.07) is 18.7. The molecule has 2 heterocycles. The molecule has 0 bridgehead atoms. The van der Waals surface area contributed by atoms with Gasteiger partial charge in [-0.1, -0.05) is 48.5 Å². The van der Waals surface area contributed by atoms with Crippen molar-refractivity contribution in [2.24, 2.45) is 5.92 Å². The maximum Gasteiger partial charge on any atom is 0.243 e. The molecule has 172 valence electrons. The number of rotatable bonds is 7. The molecular weight excluding hydrogens is 426 g/mol. The molecule has 0 radical (unpaired) electrons. The van der Waals surface area contributed by atoms with Crippen LogP contribution in [0.4, 0.5) is 0 Å². The van der Waals surface area contributed by atoms with Crippen LogP contribution >= 0.6 is 0 Å². The highest BCUT2D eigenvalue weighted by Crippen LogP contribution is 2.24. The van der Waals surface area contributed by atoms with Gasteiger partial charge in [-0.05, 0) is 30.5 Å². The van der Waals surface area contributed by atoms with E-state index in [9.17, 15) is 13.2 Å². The second-order valence-electron chi connectivity index (χ2n) is 8.47. The van der Waals surface area contributed by atoms with E-state index in [4.69, 9.17) is 4.74 Å². The summed E-state index contributed by atoms with van der Waals surface area (Å²) in [5, 5.41) is 3.01. The average molecular weight is 458 g/mol. The van der Waals surface area contributed by atoms with E-state index in [1.165, 1.54) is 9.87 Å². The molecule has 0 aromatic heterocycles. The van der Waals surface area contributed by atoms with Gasteiger partial charge in [0.1, 0.15) is 0 Å². The highest BCUT2D eigenvalue weighted by Gasteiger charge is 2.33. The van der Waals surface area contributed by atoms with Crippen molar-refractivity contribution in [3.8, 4) is 0 Å². The summed E-state index contributed by atoms with van der Waals surface area (Å²) in [6.07, 6.45) is 1.30. The Morgan fingerprint density at radius 2 is 1.72 bits per heavy atom. The van der Waals surface area contributed by atoms with Gasteiger partial charge in [-0.25, -0.2) is 8.42 Å². The van der Waals surface area contributed by atoms with Gasteiger partial charge in [0.15, 0.2) is 0 Å². The Balaban J connectivity index is 1.28. The Bertz CT molecular complexity index is 985. The largest absolute Gasteiger partial charge is 0.374 e. The summed E-state index contributed by atoms with van der Waals surface area (Å²) in [7, 11) is -3.58. The predicted molar refractivity (Wildman–Crippen MR) is 122 cm³/mol. The highest BCUT2D eigenvalue weighted by molar-refractivity contribution is 7.89. The molecule has 8 heteroatoms. The molecule has 32 heavy (non-hydrogen) atoms. The zero-order valence-corrected chi connectivity index (χ0v) is 19.0. The first kappa shape index (κ1) is 22.9. The molecule has 2 unspecified atom stereocenters. The van der Waals surface area contributed by atoms with Gasteiger partial charge in [0.2, 0.25) is 15.9 Å². The summed E-state index contributed by atoms with van der Waals surface area (Å²) >= 11 is 0. The molecule has 2 aliphatic rings. The lowest BCUT2D eigenvalue weighted by Crippen LogP contribution is -2.50. The van der Waals surface area contributed by atoms with Gasteiger partial charge in [0, 0.05) is 39.3 Å². The number of benzene rings is 2. The zero-order chi connectivity index (χ0) is 22.4. The Hall–Kier alpha value is -2.26. The molecule has 0 saturated carbocycles. The van der Waals surface area contributed by atoms with E-state index in [-0.39, 0.29) is 29.4 Å². The van der Waals surface area contributed by atoms with Crippen molar-refractivity contribution in [2.75, 3.05) is 39.3 Å². The molecule has 2 aromatic carbocycles. The van der Waals surface area contributed by atoms with Crippen molar-refractivity contribution in [3.05, 3.63) is 66.2 Å². The molecule has 2 aliphatic heterocycles. The summed E-state index contributed by atoms with van der Waals surface area (Å²) in [6.45, 7) is 4.23. The number of piperidine rings is 1. The average Bonchev–Trinajstić information content (AvgIpc) is 2.84. The number of nitrogens with one attached hydrogen (secondary N) is 1. The molecular formula is C24H31N3O4S. The van der Waals surface area contributed by atoms with E-state index in [0.29, 0.717) is 32.5 Å². The minimum absolute atomic E-state index is 0.0656. The van der Waals surface area contributed by atoms with Crippen LogP contribution in [-0.2, 0) is 26.1 Å². The van der Waals surface area contributed by atoms with Gasteiger partial charge in [-0.2, -0.15) is 4.31 Å². The van der Waals surface area contributed by atoms with Crippen molar-refractivity contribution < 1.29 is 17.9 Å². The maximum atomic E-state index is 12.9. The molecule has 2 fully saturated rings. The second kappa shape index (κ2) is 10.6. The molecule has 2 aromatic rings. The maximum absolute atomic E-state index is 12.9. The topological polar surface area (TPSA) is 79.0 Å². The van der Waals surface area contributed by atoms with Gasteiger partial charge < -0.3 is 10.1 Å². The smallest absolute Gasteiger partial charge is 0.243 e. The van der Waals surface area contributed by atoms with Crippen molar-refractivity contribution in [2.45, 2.75) is 30.4 Å². The van der Waals surface area contributed by atoms with Gasteiger partial charge in [-0.3, -0.25) is 9.69 Å². The van der Waals surface area contributed by atoms with E-state index in [1.807, 2.05) is 18.2 Å². The Morgan fingerprint density at radius 1 is 1.00 bits per heavy atom. The van der Waals surface area contributed by atoms with E-state index < -0.39 is 10.0 Å². The molecule has 1 amide bonds. The summed E-state index contributed by atoms with van der Waals surface area (Å²) in [4.78, 5) is 15.4. The van der Waals surface area contributed by atoms with Crippen LogP contribution in [0.5, 0.6) is 0 Å². The number of carbonyl (C=O) groups excluding carboxylic acids is 1. The van der Waals surface area contributed by atoms with Crippen LogP contribution in [0, 0.1) is 5.92 Å². The van der Waals surface area contributed by atoms with Gasteiger partial charge >= 0.3 is 0 Å². The van der Waals surface area contributed by atoms with E-state index >= 15 is 0 Å². The van der Waals surface area contributed by atoms with Gasteiger partial charge in [0.05, 0.1) is 23.5 Å². The van der Waals surface area contributed by atoms with Crippen LogP contribution in [0.1, 0.15) is 18.4 Å². The predicted octanol–water partition coefficient (Wildman–Crippen LogP) is 2.10. The van der Waals surface area contributed by atoms with Crippen molar-refractivity contribution >= 4 is 15.9 Å². The molecule has 0 spiro atoms. The third-order valence-corrected chi connectivity index (χ3v) is 7.99. The lowest BCUT2D eigenvalue weighted by atomic mass is 9.99. The normalized spacial score (nSPS) is 23.0. The standard InChI is InChI=1S/C24H31N3O4S/c28-24(21-10-7-13-27(18-21)32(29,30)23-11-5-2-6-12-23)25-16-22-19-26(14-15-31-22)17-20-8-3-1-4-9-20/h1-6,8-9,11-12,21-22H,7,10,13-19H2,(H,25,28). The Labute approximate surface area is 190 Å². The quantitative estimate of drug-likeness (QED) is 0.689. The molecule has 7 nitrogen and oxygen atoms in total. The Morgan fingerprint density at radius 3 is 2.47 bits per heavy atom. The number of sulfonamides is 1. The van der Waals surface area contributed by atoms with Crippen molar-refractivity contribution in [1.29, 1.82) is 0 Å². The van der Waals surface area contributed by atoms with Crippen LogP contribution in [-0.4, -0.2) is 69.0 Å².